The zero-order chi connectivity index (χ0) is 38.7. The van der Waals surface area contributed by atoms with Gasteiger partial charge in [0.15, 0.2) is 0 Å². The molecule has 0 aromatic heterocycles. The second kappa shape index (κ2) is 18.4. The molecule has 0 fully saturated rings. The molecule has 0 unspecified atom stereocenters. The van der Waals surface area contributed by atoms with Gasteiger partial charge >= 0.3 is 12.1 Å². The number of fused-ring (bicyclic) bond motifs is 1. The number of hydrogen-bond acceptors (Lipinski definition) is 7. The van der Waals surface area contributed by atoms with Gasteiger partial charge in [0.25, 0.3) is 5.91 Å². The number of ether oxygens (including phenoxy) is 1. The lowest BCUT2D eigenvalue weighted by atomic mass is 9.84. The molecule has 2 amide bonds. The predicted octanol–water partition coefficient (Wildman–Crippen LogP) is 9.15. The van der Waals surface area contributed by atoms with E-state index in [2.05, 4.69) is 83.4 Å². The van der Waals surface area contributed by atoms with Crippen molar-refractivity contribution in [2.45, 2.75) is 49.6 Å². The van der Waals surface area contributed by atoms with Crippen LogP contribution in [0.25, 0.3) is 10.8 Å². The first-order chi connectivity index (χ1) is 25.9. The topological polar surface area (TPSA) is 108 Å². The van der Waals surface area contributed by atoms with E-state index >= 15 is 0 Å². The highest BCUT2D eigenvalue weighted by Gasteiger charge is 2.38. The fourth-order valence-corrected chi connectivity index (χ4v) is 8.56. The number of nitrogens with zero attached hydrogens (tertiary/aromatic N) is 1. The Morgan fingerprint density at radius 2 is 1.30 bits per heavy atom. The molecule has 0 aliphatic heterocycles. The second-order valence-corrected chi connectivity index (χ2v) is 16.3. The van der Waals surface area contributed by atoms with E-state index in [-0.39, 0.29) is 6.04 Å². The van der Waals surface area contributed by atoms with Crippen LogP contribution in [0.2, 0.25) is 0 Å². The van der Waals surface area contributed by atoms with Crippen molar-refractivity contribution in [1.29, 1.82) is 0 Å². The summed E-state index contributed by atoms with van der Waals surface area (Å²) in [6.45, 7) is 5.95. The van der Waals surface area contributed by atoms with Gasteiger partial charge in [0.05, 0.1) is 10.8 Å². The standard InChI is InChI=1S/C44H49N3O5S2/c1-43(2,3)52-42(51)47(4)34(30-54-44(31-17-9-6-10-18-31,32-19-11-7-12-20-32)33-21-13-8-14-22-33)29-45-38-26-16-23-35-36(38)24-15-25-37(35)40(48)46-39(41(49)50)27-28-53-5/h6-26,34,39,45H,27-30H2,1-5H3,(H,46,48)(H,49,50)/t34-,39+/m1/s1. The summed E-state index contributed by atoms with van der Waals surface area (Å²) in [5.41, 5.74) is 3.86. The molecule has 0 aliphatic rings. The van der Waals surface area contributed by atoms with Crippen LogP contribution in [0.1, 0.15) is 54.2 Å². The minimum absolute atomic E-state index is 0.324. The minimum Gasteiger partial charge on any atom is -0.480 e. The molecule has 282 valence electrons. The Morgan fingerprint density at radius 3 is 1.81 bits per heavy atom. The highest BCUT2D eigenvalue weighted by molar-refractivity contribution is 8.00. The zero-order valence-electron chi connectivity index (χ0n) is 31.5. The Balaban J connectivity index is 1.50. The monoisotopic (exact) mass is 763 g/mol. The van der Waals surface area contributed by atoms with Gasteiger partial charge < -0.3 is 25.4 Å². The number of benzene rings is 5. The van der Waals surface area contributed by atoms with E-state index < -0.39 is 34.4 Å². The van der Waals surface area contributed by atoms with Gasteiger partial charge in [-0.3, -0.25) is 4.79 Å². The number of aliphatic carboxylic acids is 1. The number of anilines is 1. The number of amides is 2. The Kier molecular flexibility index (Phi) is 13.7. The summed E-state index contributed by atoms with van der Waals surface area (Å²) < 4.78 is 5.27. The molecule has 3 N–H and O–H groups in total. The van der Waals surface area contributed by atoms with Gasteiger partial charge in [-0.1, -0.05) is 115 Å². The summed E-state index contributed by atoms with van der Waals surface area (Å²) in [6, 6.07) is 41.2. The molecule has 10 heteroatoms. The van der Waals surface area contributed by atoms with Crippen LogP contribution in [0.5, 0.6) is 0 Å². The fraction of sp³-hybridized carbons (Fsp3) is 0.295. The largest absolute Gasteiger partial charge is 0.480 e. The summed E-state index contributed by atoms with van der Waals surface area (Å²) in [6.07, 6.45) is 1.80. The SMILES string of the molecule is CSCC[C@H](NC(=O)c1cccc2c(NC[C@H](CSC(c3ccccc3)(c3ccccc3)c3ccccc3)N(C)C(=O)OC(C)(C)C)cccc12)C(=O)O. The highest BCUT2D eigenvalue weighted by atomic mass is 32.2. The van der Waals surface area contributed by atoms with Crippen molar-refractivity contribution in [2.24, 2.45) is 0 Å². The highest BCUT2D eigenvalue weighted by Crippen LogP contribution is 2.49. The van der Waals surface area contributed by atoms with Gasteiger partial charge in [-0.2, -0.15) is 11.8 Å². The van der Waals surface area contributed by atoms with Crippen LogP contribution in [0, 0.1) is 0 Å². The van der Waals surface area contributed by atoms with Crippen molar-refractivity contribution >= 4 is 58.0 Å². The molecule has 5 aromatic rings. The lowest BCUT2D eigenvalue weighted by Crippen LogP contribution is -2.46. The van der Waals surface area contributed by atoms with Crippen LogP contribution in [0.3, 0.4) is 0 Å². The van der Waals surface area contributed by atoms with Crippen molar-refractivity contribution in [1.82, 2.24) is 10.2 Å². The van der Waals surface area contributed by atoms with Crippen LogP contribution in [0.4, 0.5) is 10.5 Å². The molecule has 5 rings (SSSR count). The maximum atomic E-state index is 13.7. The Bertz CT molecular complexity index is 1910. The lowest BCUT2D eigenvalue weighted by Gasteiger charge is -2.38. The van der Waals surface area contributed by atoms with E-state index in [4.69, 9.17) is 4.74 Å². The van der Waals surface area contributed by atoms with Crippen LogP contribution >= 0.6 is 23.5 Å². The summed E-state index contributed by atoms with van der Waals surface area (Å²) in [5, 5.41) is 17.6. The molecule has 0 heterocycles. The van der Waals surface area contributed by atoms with Crippen LogP contribution < -0.4 is 10.6 Å². The first-order valence-electron chi connectivity index (χ1n) is 18.0. The average Bonchev–Trinajstić information content (AvgIpc) is 3.17. The molecule has 54 heavy (non-hydrogen) atoms. The third-order valence-electron chi connectivity index (χ3n) is 9.17. The summed E-state index contributed by atoms with van der Waals surface area (Å²) in [5.74, 6) is -0.355. The van der Waals surface area contributed by atoms with Crippen molar-refractivity contribution < 1.29 is 24.2 Å². The molecule has 0 radical (unpaired) electrons. The molecule has 8 nitrogen and oxygen atoms in total. The van der Waals surface area contributed by atoms with Crippen LogP contribution in [-0.4, -0.2) is 77.0 Å². The van der Waals surface area contributed by atoms with E-state index in [0.717, 1.165) is 27.8 Å². The molecule has 5 aromatic carbocycles. The molecular formula is C44H49N3O5S2. The number of carboxylic acids is 1. The second-order valence-electron chi connectivity index (χ2n) is 14.1. The first kappa shape index (κ1) is 40.3. The Labute approximate surface area is 327 Å². The Hall–Kier alpha value is -4.93. The molecule has 0 bridgehead atoms. The molecule has 0 saturated heterocycles. The third kappa shape index (κ3) is 9.78. The molecule has 0 saturated carbocycles. The van der Waals surface area contributed by atoms with Crippen molar-refractivity contribution in [3.05, 3.63) is 150 Å². The van der Waals surface area contributed by atoms with Gasteiger partial charge in [0.1, 0.15) is 11.6 Å². The summed E-state index contributed by atoms with van der Waals surface area (Å²) in [7, 11) is 1.78. The van der Waals surface area contributed by atoms with Crippen molar-refractivity contribution in [3.8, 4) is 0 Å². The van der Waals surface area contributed by atoms with E-state index in [1.54, 1.807) is 35.8 Å². The molecular weight excluding hydrogens is 715 g/mol. The number of carbonyl (C=O) groups is 3. The number of likely N-dealkylation sites (N-methyl/N-ethyl adjacent to an activating group) is 1. The van der Waals surface area contributed by atoms with Crippen molar-refractivity contribution in [3.63, 3.8) is 0 Å². The summed E-state index contributed by atoms with van der Waals surface area (Å²) >= 11 is 3.30. The quantitative estimate of drug-likeness (QED) is 0.0855. The number of hydrogen-bond donors (Lipinski definition) is 3. The van der Waals surface area contributed by atoms with Gasteiger partial charge in [-0.05, 0) is 73.4 Å². The number of carboxylic acid groups (broad SMARTS) is 1. The van der Waals surface area contributed by atoms with E-state index in [1.807, 2.05) is 69.5 Å². The number of carbonyl (C=O) groups excluding carboxylic acids is 2. The average molecular weight is 764 g/mol. The number of thioether (sulfide) groups is 2. The van der Waals surface area contributed by atoms with Gasteiger partial charge in [-0.25, -0.2) is 9.59 Å². The van der Waals surface area contributed by atoms with Crippen LogP contribution in [0.15, 0.2) is 127 Å². The van der Waals surface area contributed by atoms with E-state index in [1.165, 1.54) is 11.8 Å². The van der Waals surface area contributed by atoms with Crippen LogP contribution in [-0.2, 0) is 14.3 Å². The summed E-state index contributed by atoms with van der Waals surface area (Å²) in [4.78, 5) is 40.7. The van der Waals surface area contributed by atoms with Crippen molar-refractivity contribution in [2.75, 3.05) is 36.7 Å². The number of rotatable bonds is 16. The molecule has 0 spiro atoms. The van der Waals surface area contributed by atoms with E-state index in [0.29, 0.717) is 35.4 Å². The number of nitrogens with one attached hydrogen (secondary N) is 2. The molecule has 0 aliphatic carbocycles. The smallest absolute Gasteiger partial charge is 0.410 e. The van der Waals surface area contributed by atoms with Gasteiger partial charge in [-0.15, -0.1) is 11.8 Å². The maximum Gasteiger partial charge on any atom is 0.410 e. The predicted molar refractivity (Wildman–Crippen MR) is 224 cm³/mol. The molecule has 2 atom stereocenters. The first-order valence-corrected chi connectivity index (χ1v) is 20.4. The normalized spacial score (nSPS) is 12.8. The van der Waals surface area contributed by atoms with Gasteiger partial charge in [0, 0.05) is 36.0 Å². The fourth-order valence-electron chi connectivity index (χ4n) is 6.40. The lowest BCUT2D eigenvalue weighted by molar-refractivity contribution is -0.139. The third-order valence-corrected chi connectivity index (χ3v) is 11.5. The van der Waals surface area contributed by atoms with Gasteiger partial charge in [0.2, 0.25) is 0 Å². The maximum absolute atomic E-state index is 13.7. The minimum atomic E-state index is -1.06. The Morgan fingerprint density at radius 1 is 0.759 bits per heavy atom. The zero-order valence-corrected chi connectivity index (χ0v) is 33.1. The van der Waals surface area contributed by atoms with E-state index in [9.17, 15) is 19.5 Å².